The Balaban J connectivity index is 1.53. The Hall–Kier alpha value is -2.41. The number of alkyl halides is 1. The van der Waals surface area contributed by atoms with Crippen molar-refractivity contribution in [3.63, 3.8) is 0 Å². The second-order valence-corrected chi connectivity index (χ2v) is 8.94. The van der Waals surface area contributed by atoms with Gasteiger partial charge in [0.2, 0.25) is 0 Å². The number of aromatic nitrogens is 1. The highest BCUT2D eigenvalue weighted by Crippen LogP contribution is 2.41. The molecule has 1 saturated heterocycles. The van der Waals surface area contributed by atoms with E-state index in [1.165, 1.54) is 0 Å². The minimum absolute atomic E-state index is 0.114. The summed E-state index contributed by atoms with van der Waals surface area (Å²) in [5.74, 6) is 0.355. The van der Waals surface area contributed by atoms with E-state index in [0.29, 0.717) is 36.1 Å². The third-order valence-electron chi connectivity index (χ3n) is 5.73. The van der Waals surface area contributed by atoms with Gasteiger partial charge in [-0.1, -0.05) is 17.7 Å². The maximum Gasteiger partial charge on any atom is 0.410 e. The van der Waals surface area contributed by atoms with Crippen molar-refractivity contribution in [3.8, 4) is 0 Å². The van der Waals surface area contributed by atoms with Gasteiger partial charge in [-0.3, -0.25) is 14.7 Å². The van der Waals surface area contributed by atoms with Crippen molar-refractivity contribution < 1.29 is 18.7 Å². The fourth-order valence-electron chi connectivity index (χ4n) is 3.98. The molecule has 2 fully saturated rings. The predicted molar refractivity (Wildman–Crippen MR) is 113 cm³/mol. The fraction of sp³-hybridized carbons (Fsp3) is 0.500. The quantitative estimate of drug-likeness (QED) is 0.716. The van der Waals surface area contributed by atoms with Crippen LogP contribution in [0.1, 0.15) is 48.7 Å². The number of ether oxygens (including phenoxy) is 1. The first-order valence-electron chi connectivity index (χ1n) is 10.2. The lowest BCUT2D eigenvalue weighted by atomic mass is 9.98. The van der Waals surface area contributed by atoms with E-state index in [-0.39, 0.29) is 12.5 Å². The number of benzene rings is 1. The van der Waals surface area contributed by atoms with Crippen molar-refractivity contribution in [2.24, 2.45) is 0 Å². The Morgan fingerprint density at radius 3 is 2.70 bits per heavy atom. The average Bonchev–Trinajstić information content (AvgIpc) is 3.55. The Morgan fingerprint density at radius 2 is 2.03 bits per heavy atom. The van der Waals surface area contributed by atoms with Gasteiger partial charge in [0.1, 0.15) is 13.3 Å². The number of nitrogens with zero attached hydrogens (tertiary/aromatic N) is 3. The van der Waals surface area contributed by atoms with Crippen LogP contribution in [-0.4, -0.2) is 65.2 Å². The Kier molecular flexibility index (Phi) is 5.57. The standard InChI is InChI=1S/C22H25ClFN3O3/c1-22(2)13-26(8-9-27(22)21(29)30-10-7-24)20(28)15-5-6-16-17(23)12-18(14-3-4-14)25-19(16)11-15/h5-6,11-12,14H,3-4,7-10,13H2,1-2H3. The van der Waals surface area contributed by atoms with Crippen LogP contribution in [0.5, 0.6) is 0 Å². The van der Waals surface area contributed by atoms with Crippen LogP contribution >= 0.6 is 11.6 Å². The van der Waals surface area contributed by atoms with Crippen LogP contribution in [0.25, 0.3) is 10.9 Å². The van der Waals surface area contributed by atoms with Crippen LogP contribution < -0.4 is 0 Å². The number of rotatable bonds is 4. The Bertz CT molecular complexity index is 993. The van der Waals surface area contributed by atoms with Gasteiger partial charge in [0.25, 0.3) is 5.91 Å². The minimum Gasteiger partial charge on any atom is -0.447 e. The second-order valence-electron chi connectivity index (χ2n) is 8.53. The topological polar surface area (TPSA) is 62.7 Å². The number of pyridine rings is 1. The van der Waals surface area contributed by atoms with E-state index >= 15 is 0 Å². The van der Waals surface area contributed by atoms with Crippen molar-refractivity contribution in [2.45, 2.75) is 38.1 Å². The number of piperazine rings is 1. The molecular formula is C22H25ClFN3O3. The highest BCUT2D eigenvalue weighted by atomic mass is 35.5. The number of halogens is 2. The molecule has 2 heterocycles. The smallest absolute Gasteiger partial charge is 0.410 e. The van der Waals surface area contributed by atoms with Crippen LogP contribution in [0.2, 0.25) is 5.02 Å². The van der Waals surface area contributed by atoms with Gasteiger partial charge in [-0.25, -0.2) is 9.18 Å². The molecule has 4 rings (SSSR count). The van der Waals surface area contributed by atoms with Gasteiger partial charge in [0.15, 0.2) is 0 Å². The SMILES string of the molecule is CC1(C)CN(C(=O)c2ccc3c(Cl)cc(C4CC4)nc3c2)CCN1C(=O)OCCF. The number of hydrogen-bond acceptors (Lipinski definition) is 4. The lowest BCUT2D eigenvalue weighted by molar-refractivity contribution is 0.00995. The maximum absolute atomic E-state index is 13.2. The highest BCUT2D eigenvalue weighted by molar-refractivity contribution is 6.35. The lowest BCUT2D eigenvalue weighted by Gasteiger charge is -2.46. The highest BCUT2D eigenvalue weighted by Gasteiger charge is 2.39. The molecule has 0 N–H and O–H groups in total. The van der Waals surface area contributed by atoms with Crippen LogP contribution in [0.15, 0.2) is 24.3 Å². The average molecular weight is 434 g/mol. The van der Waals surface area contributed by atoms with Crippen molar-refractivity contribution in [3.05, 3.63) is 40.5 Å². The van der Waals surface area contributed by atoms with E-state index in [4.69, 9.17) is 21.3 Å². The number of hydrogen-bond donors (Lipinski definition) is 0. The lowest BCUT2D eigenvalue weighted by Crippen LogP contribution is -2.62. The summed E-state index contributed by atoms with van der Waals surface area (Å²) in [5.41, 5.74) is 1.63. The normalized spacial score (nSPS) is 18.5. The van der Waals surface area contributed by atoms with Crippen LogP contribution in [0.3, 0.4) is 0 Å². The van der Waals surface area contributed by atoms with E-state index in [2.05, 4.69) is 0 Å². The van der Waals surface area contributed by atoms with Crippen LogP contribution in [0, 0.1) is 0 Å². The molecule has 0 atom stereocenters. The number of carbonyl (C=O) groups excluding carboxylic acids is 2. The Morgan fingerprint density at radius 1 is 1.27 bits per heavy atom. The predicted octanol–water partition coefficient (Wildman–Crippen LogP) is 4.41. The summed E-state index contributed by atoms with van der Waals surface area (Å²) in [7, 11) is 0. The van der Waals surface area contributed by atoms with E-state index in [9.17, 15) is 14.0 Å². The molecule has 1 aromatic heterocycles. The maximum atomic E-state index is 13.2. The molecule has 30 heavy (non-hydrogen) atoms. The van der Waals surface area contributed by atoms with Crippen molar-refractivity contribution in [1.29, 1.82) is 0 Å². The number of carbonyl (C=O) groups is 2. The van der Waals surface area contributed by atoms with Gasteiger partial charge in [-0.15, -0.1) is 0 Å². The summed E-state index contributed by atoms with van der Waals surface area (Å²) in [6, 6.07) is 7.32. The zero-order valence-corrected chi connectivity index (χ0v) is 17.9. The summed E-state index contributed by atoms with van der Waals surface area (Å²) in [6.07, 6.45) is 1.70. The molecule has 0 bridgehead atoms. The second kappa shape index (κ2) is 8.02. The van der Waals surface area contributed by atoms with Gasteiger partial charge >= 0.3 is 6.09 Å². The zero-order valence-electron chi connectivity index (χ0n) is 17.2. The van der Waals surface area contributed by atoms with Gasteiger partial charge in [0.05, 0.1) is 16.1 Å². The fourth-order valence-corrected chi connectivity index (χ4v) is 4.25. The summed E-state index contributed by atoms with van der Waals surface area (Å²) >= 11 is 6.43. The summed E-state index contributed by atoms with van der Waals surface area (Å²) < 4.78 is 17.2. The van der Waals surface area contributed by atoms with E-state index in [0.717, 1.165) is 29.4 Å². The summed E-state index contributed by atoms with van der Waals surface area (Å²) in [6.45, 7) is 3.82. The number of fused-ring (bicyclic) bond motifs is 1. The first-order valence-corrected chi connectivity index (χ1v) is 10.6. The van der Waals surface area contributed by atoms with E-state index in [1.807, 2.05) is 26.0 Å². The largest absolute Gasteiger partial charge is 0.447 e. The molecule has 1 saturated carbocycles. The van der Waals surface area contributed by atoms with Crippen molar-refractivity contribution in [2.75, 3.05) is 32.9 Å². The molecule has 160 valence electrons. The molecule has 2 aromatic rings. The van der Waals surface area contributed by atoms with Crippen LogP contribution in [0.4, 0.5) is 9.18 Å². The van der Waals surface area contributed by atoms with Crippen molar-refractivity contribution >= 4 is 34.5 Å². The molecule has 0 unspecified atom stereocenters. The molecule has 1 aliphatic heterocycles. The minimum atomic E-state index is -0.715. The molecule has 6 nitrogen and oxygen atoms in total. The Labute approximate surface area is 179 Å². The van der Waals surface area contributed by atoms with Gasteiger partial charge in [-0.2, -0.15) is 0 Å². The third kappa shape index (κ3) is 4.08. The molecule has 1 aliphatic carbocycles. The van der Waals surface area contributed by atoms with Gasteiger partial charge < -0.3 is 9.64 Å². The molecular weight excluding hydrogens is 409 g/mol. The molecule has 8 heteroatoms. The van der Waals surface area contributed by atoms with E-state index < -0.39 is 18.3 Å². The summed E-state index contributed by atoms with van der Waals surface area (Å²) in [4.78, 5) is 33.4. The molecule has 2 aliphatic rings. The molecule has 0 spiro atoms. The molecule has 1 aromatic carbocycles. The molecule has 2 amide bonds. The summed E-state index contributed by atoms with van der Waals surface area (Å²) in [5, 5.41) is 1.49. The van der Waals surface area contributed by atoms with E-state index in [1.54, 1.807) is 21.9 Å². The van der Waals surface area contributed by atoms with Gasteiger partial charge in [-0.05, 0) is 44.9 Å². The third-order valence-corrected chi connectivity index (χ3v) is 6.05. The molecule has 0 radical (unpaired) electrons. The van der Waals surface area contributed by atoms with Crippen LogP contribution in [-0.2, 0) is 4.74 Å². The monoisotopic (exact) mass is 433 g/mol. The first-order chi connectivity index (χ1) is 14.3. The number of amides is 2. The zero-order chi connectivity index (χ0) is 21.5. The van der Waals surface area contributed by atoms with Gasteiger partial charge in [0, 0.05) is 42.2 Å². The van der Waals surface area contributed by atoms with Crippen molar-refractivity contribution in [1.82, 2.24) is 14.8 Å². The first kappa shape index (κ1) is 20.8.